The zero-order valence-electron chi connectivity index (χ0n) is 11.5. The molecule has 1 aliphatic rings. The summed E-state index contributed by atoms with van der Waals surface area (Å²) in [4.78, 5) is 2.45. The van der Waals surface area contributed by atoms with Crippen LogP contribution in [0.3, 0.4) is 0 Å². The fourth-order valence-corrected chi connectivity index (χ4v) is 2.66. The molecule has 0 radical (unpaired) electrons. The highest BCUT2D eigenvalue weighted by Crippen LogP contribution is 2.23. The van der Waals surface area contributed by atoms with Crippen LogP contribution in [0.5, 0.6) is 0 Å². The van der Waals surface area contributed by atoms with E-state index in [2.05, 4.69) is 30.0 Å². The summed E-state index contributed by atoms with van der Waals surface area (Å²) < 4.78 is 5.41. The van der Waals surface area contributed by atoms with Crippen molar-refractivity contribution in [3.63, 3.8) is 0 Å². The Hall–Kier alpha value is -1.06. The molecule has 0 unspecified atom stereocenters. The molecule has 1 saturated heterocycles. The third kappa shape index (κ3) is 3.03. The fraction of sp³-hybridized carbons (Fsp3) is 0.600. The topological polar surface area (TPSA) is 38.5 Å². The first-order chi connectivity index (χ1) is 8.74. The first kappa shape index (κ1) is 13.4. The molecule has 0 bridgehead atoms. The fourth-order valence-electron chi connectivity index (χ4n) is 2.66. The number of hydrogen-bond donors (Lipinski definition) is 1. The van der Waals surface area contributed by atoms with Crippen molar-refractivity contribution in [2.24, 2.45) is 5.73 Å². The minimum Gasteiger partial charge on any atom is -0.381 e. The third-order valence-electron chi connectivity index (χ3n) is 3.88. The Bertz CT molecular complexity index is 384. The lowest BCUT2D eigenvalue weighted by molar-refractivity contribution is 0.0819. The predicted octanol–water partition coefficient (Wildman–Crippen LogP) is 2.11. The number of nitrogens with two attached hydrogens (primary N) is 1. The Labute approximate surface area is 110 Å². The molecule has 1 fully saturated rings. The second kappa shape index (κ2) is 6.21. The van der Waals surface area contributed by atoms with Crippen molar-refractivity contribution >= 4 is 5.69 Å². The maximum absolute atomic E-state index is 5.62. The van der Waals surface area contributed by atoms with E-state index in [4.69, 9.17) is 10.5 Å². The Morgan fingerprint density at radius 2 is 2.06 bits per heavy atom. The third-order valence-corrected chi connectivity index (χ3v) is 3.88. The first-order valence-electron chi connectivity index (χ1n) is 6.82. The van der Waals surface area contributed by atoms with Gasteiger partial charge in [-0.05, 0) is 56.0 Å². The van der Waals surface area contributed by atoms with Gasteiger partial charge in [-0.15, -0.1) is 0 Å². The molecule has 0 amide bonds. The standard InChI is InChI=1S/C15H24N2O/c1-12-11-14(4-3-13(12)5-8-16)17-9-6-15(18-2)7-10-17/h3-4,11,15H,5-10,16H2,1-2H3. The average molecular weight is 248 g/mol. The summed E-state index contributed by atoms with van der Waals surface area (Å²) in [5.41, 5.74) is 9.67. The maximum Gasteiger partial charge on any atom is 0.0605 e. The SMILES string of the molecule is COC1CCN(c2ccc(CCN)c(C)c2)CC1. The number of benzene rings is 1. The summed E-state index contributed by atoms with van der Waals surface area (Å²) in [6.45, 7) is 5.08. The van der Waals surface area contributed by atoms with Crippen molar-refractivity contribution in [2.75, 3.05) is 31.6 Å². The molecule has 2 rings (SSSR count). The van der Waals surface area contributed by atoms with Crippen LogP contribution in [0.4, 0.5) is 5.69 Å². The van der Waals surface area contributed by atoms with Crippen LogP contribution in [0.25, 0.3) is 0 Å². The number of hydrogen-bond acceptors (Lipinski definition) is 3. The number of ether oxygens (including phenoxy) is 1. The van der Waals surface area contributed by atoms with Gasteiger partial charge in [0.05, 0.1) is 6.10 Å². The van der Waals surface area contributed by atoms with Crippen LogP contribution in [0.15, 0.2) is 18.2 Å². The summed E-state index contributed by atoms with van der Waals surface area (Å²) in [5.74, 6) is 0. The molecule has 0 saturated carbocycles. The van der Waals surface area contributed by atoms with E-state index < -0.39 is 0 Å². The molecule has 18 heavy (non-hydrogen) atoms. The van der Waals surface area contributed by atoms with Crippen LogP contribution in [-0.2, 0) is 11.2 Å². The van der Waals surface area contributed by atoms with E-state index >= 15 is 0 Å². The van der Waals surface area contributed by atoms with Crippen LogP contribution in [0, 0.1) is 6.92 Å². The van der Waals surface area contributed by atoms with Gasteiger partial charge in [0, 0.05) is 25.9 Å². The summed E-state index contributed by atoms with van der Waals surface area (Å²) in [5, 5.41) is 0. The molecule has 1 heterocycles. The van der Waals surface area contributed by atoms with Crippen LogP contribution in [0.1, 0.15) is 24.0 Å². The number of aryl methyl sites for hydroxylation is 1. The molecule has 0 aliphatic carbocycles. The van der Waals surface area contributed by atoms with Crippen LogP contribution < -0.4 is 10.6 Å². The van der Waals surface area contributed by atoms with E-state index in [1.807, 2.05) is 7.11 Å². The average Bonchev–Trinajstić information content (AvgIpc) is 2.41. The lowest BCUT2D eigenvalue weighted by Gasteiger charge is -2.33. The molecule has 3 nitrogen and oxygen atoms in total. The lowest BCUT2D eigenvalue weighted by Crippen LogP contribution is -2.36. The van der Waals surface area contributed by atoms with Gasteiger partial charge in [-0.2, -0.15) is 0 Å². The Morgan fingerprint density at radius 3 is 2.61 bits per heavy atom. The minimum atomic E-state index is 0.443. The predicted molar refractivity (Wildman–Crippen MR) is 76.2 cm³/mol. The number of nitrogens with zero attached hydrogens (tertiary/aromatic N) is 1. The van der Waals surface area contributed by atoms with Crippen molar-refractivity contribution in [1.82, 2.24) is 0 Å². The highest BCUT2D eigenvalue weighted by Gasteiger charge is 2.19. The molecule has 0 atom stereocenters. The van der Waals surface area contributed by atoms with E-state index in [9.17, 15) is 0 Å². The maximum atomic E-state index is 5.62. The van der Waals surface area contributed by atoms with E-state index in [-0.39, 0.29) is 0 Å². The molecule has 1 aromatic carbocycles. The Balaban J connectivity index is 2.03. The Morgan fingerprint density at radius 1 is 1.33 bits per heavy atom. The number of methoxy groups -OCH3 is 1. The highest BCUT2D eigenvalue weighted by atomic mass is 16.5. The van der Waals surface area contributed by atoms with Gasteiger partial charge in [0.2, 0.25) is 0 Å². The van der Waals surface area contributed by atoms with Crippen molar-refractivity contribution in [3.05, 3.63) is 29.3 Å². The van der Waals surface area contributed by atoms with Gasteiger partial charge in [0.25, 0.3) is 0 Å². The molecular formula is C15H24N2O. The van der Waals surface area contributed by atoms with E-state index in [1.54, 1.807) is 0 Å². The van der Waals surface area contributed by atoms with Gasteiger partial charge in [-0.3, -0.25) is 0 Å². The first-order valence-corrected chi connectivity index (χ1v) is 6.82. The molecule has 1 aliphatic heterocycles. The largest absolute Gasteiger partial charge is 0.381 e. The molecule has 100 valence electrons. The summed E-state index contributed by atoms with van der Waals surface area (Å²) in [6, 6.07) is 6.74. The lowest BCUT2D eigenvalue weighted by atomic mass is 10.0. The zero-order valence-corrected chi connectivity index (χ0v) is 11.5. The van der Waals surface area contributed by atoms with Crippen LogP contribution >= 0.6 is 0 Å². The molecule has 0 spiro atoms. The zero-order chi connectivity index (χ0) is 13.0. The minimum absolute atomic E-state index is 0.443. The van der Waals surface area contributed by atoms with Gasteiger partial charge in [0.15, 0.2) is 0 Å². The monoisotopic (exact) mass is 248 g/mol. The second-order valence-corrected chi connectivity index (χ2v) is 5.07. The van der Waals surface area contributed by atoms with Crippen LogP contribution in [-0.4, -0.2) is 32.8 Å². The molecule has 0 aromatic heterocycles. The second-order valence-electron chi connectivity index (χ2n) is 5.07. The quantitative estimate of drug-likeness (QED) is 0.887. The van der Waals surface area contributed by atoms with E-state index in [0.717, 1.165) is 38.9 Å². The number of rotatable bonds is 4. The normalized spacial score (nSPS) is 17.2. The molecule has 1 aromatic rings. The summed E-state index contributed by atoms with van der Waals surface area (Å²) >= 11 is 0. The summed E-state index contributed by atoms with van der Waals surface area (Å²) in [6.07, 6.45) is 3.66. The molecular weight excluding hydrogens is 224 g/mol. The van der Waals surface area contributed by atoms with Gasteiger partial charge in [-0.1, -0.05) is 6.07 Å². The van der Waals surface area contributed by atoms with Gasteiger partial charge >= 0.3 is 0 Å². The smallest absolute Gasteiger partial charge is 0.0605 e. The van der Waals surface area contributed by atoms with Crippen molar-refractivity contribution in [3.8, 4) is 0 Å². The summed E-state index contributed by atoms with van der Waals surface area (Å²) in [7, 11) is 1.81. The van der Waals surface area contributed by atoms with Gasteiger partial charge in [0.1, 0.15) is 0 Å². The highest BCUT2D eigenvalue weighted by molar-refractivity contribution is 5.51. The number of piperidine rings is 1. The van der Waals surface area contributed by atoms with E-state index in [1.165, 1.54) is 16.8 Å². The van der Waals surface area contributed by atoms with Crippen molar-refractivity contribution in [2.45, 2.75) is 32.3 Å². The van der Waals surface area contributed by atoms with Gasteiger partial charge in [-0.25, -0.2) is 0 Å². The van der Waals surface area contributed by atoms with Crippen molar-refractivity contribution in [1.29, 1.82) is 0 Å². The molecule has 3 heteroatoms. The molecule has 2 N–H and O–H groups in total. The van der Waals surface area contributed by atoms with Gasteiger partial charge < -0.3 is 15.4 Å². The van der Waals surface area contributed by atoms with Crippen LogP contribution in [0.2, 0.25) is 0 Å². The Kier molecular flexibility index (Phi) is 4.61. The van der Waals surface area contributed by atoms with Crippen molar-refractivity contribution < 1.29 is 4.74 Å². The number of anilines is 1. The van der Waals surface area contributed by atoms with E-state index in [0.29, 0.717) is 6.10 Å².